The van der Waals surface area contributed by atoms with E-state index in [0.717, 1.165) is 45.7 Å². The monoisotopic (exact) mass is 386 g/mol. The molecule has 122 valence electrons. The number of rotatable bonds is 2. The van der Waals surface area contributed by atoms with Gasteiger partial charge in [0.05, 0.1) is 18.3 Å². The maximum absolute atomic E-state index is 13.1. The summed E-state index contributed by atoms with van der Waals surface area (Å²) in [6, 6.07) is 12.5. The van der Waals surface area contributed by atoms with Crippen LogP contribution in [-0.4, -0.2) is 28.5 Å². The summed E-state index contributed by atoms with van der Waals surface area (Å²) in [6.07, 6.45) is 2.77. The highest BCUT2D eigenvalue weighted by Crippen LogP contribution is 2.37. The van der Waals surface area contributed by atoms with E-state index in [2.05, 4.69) is 26.9 Å². The number of aliphatic hydroxyl groups is 1. The number of halogens is 2. The van der Waals surface area contributed by atoms with Crippen LogP contribution in [0, 0.1) is 5.82 Å². The van der Waals surface area contributed by atoms with Gasteiger partial charge in [0, 0.05) is 11.0 Å². The van der Waals surface area contributed by atoms with Gasteiger partial charge in [-0.1, -0.05) is 28.1 Å². The van der Waals surface area contributed by atoms with Gasteiger partial charge in [0.2, 0.25) is 0 Å². The van der Waals surface area contributed by atoms with Crippen LogP contribution in [-0.2, 0) is 6.54 Å². The predicted octanol–water partition coefficient (Wildman–Crippen LogP) is 4.28. The first-order valence-corrected chi connectivity index (χ1v) is 8.64. The minimum atomic E-state index is -0.243. The topological polar surface area (TPSA) is 35.8 Å². The Bertz CT molecular complexity index is 845. The fraction of sp³-hybridized carbons (Fsp3) is 0.211. The van der Waals surface area contributed by atoms with Crippen molar-refractivity contribution in [2.45, 2.75) is 19.0 Å². The van der Waals surface area contributed by atoms with Gasteiger partial charge in [-0.2, -0.15) is 0 Å². The molecule has 2 aliphatic rings. The molecule has 0 amide bonds. The Morgan fingerprint density at radius 3 is 2.79 bits per heavy atom. The maximum atomic E-state index is 13.1. The average molecular weight is 387 g/mol. The number of hydrogen-bond acceptors (Lipinski definition) is 3. The van der Waals surface area contributed by atoms with Crippen LogP contribution in [0.2, 0.25) is 0 Å². The lowest BCUT2D eigenvalue weighted by molar-refractivity contribution is 0.188. The van der Waals surface area contributed by atoms with Gasteiger partial charge in [0.25, 0.3) is 0 Å². The number of nitrogens with zero attached hydrogens (tertiary/aromatic N) is 2. The van der Waals surface area contributed by atoms with E-state index in [0.29, 0.717) is 0 Å². The summed E-state index contributed by atoms with van der Waals surface area (Å²) in [5, 5.41) is 9.75. The average Bonchev–Trinajstić information content (AvgIpc) is 2.92. The van der Waals surface area contributed by atoms with Crippen LogP contribution in [0.25, 0.3) is 6.08 Å². The fourth-order valence-corrected chi connectivity index (χ4v) is 3.70. The van der Waals surface area contributed by atoms with Crippen molar-refractivity contribution in [2.75, 3.05) is 6.61 Å². The smallest absolute Gasteiger partial charge is 0.133 e. The highest BCUT2D eigenvalue weighted by Gasteiger charge is 2.35. The first-order chi connectivity index (χ1) is 11.6. The molecule has 24 heavy (non-hydrogen) atoms. The van der Waals surface area contributed by atoms with Crippen LogP contribution in [0.5, 0.6) is 0 Å². The van der Waals surface area contributed by atoms with Gasteiger partial charge in [-0.3, -0.25) is 0 Å². The number of aliphatic imine (C=N–C) groups is 1. The van der Waals surface area contributed by atoms with Gasteiger partial charge in [-0.25, -0.2) is 9.38 Å². The van der Waals surface area contributed by atoms with Crippen molar-refractivity contribution < 1.29 is 9.50 Å². The molecule has 2 aromatic carbocycles. The first-order valence-electron chi connectivity index (χ1n) is 7.85. The van der Waals surface area contributed by atoms with E-state index in [9.17, 15) is 9.50 Å². The summed E-state index contributed by atoms with van der Waals surface area (Å²) >= 11 is 3.50. The molecule has 1 N–H and O–H groups in total. The molecule has 4 rings (SSSR count). The van der Waals surface area contributed by atoms with Crippen molar-refractivity contribution in [1.82, 2.24) is 4.90 Å². The van der Waals surface area contributed by atoms with Crippen molar-refractivity contribution in [3.05, 3.63) is 69.5 Å². The molecule has 3 nitrogen and oxygen atoms in total. The molecule has 0 spiro atoms. The molecule has 0 saturated carbocycles. The van der Waals surface area contributed by atoms with E-state index in [1.54, 1.807) is 12.1 Å². The second kappa shape index (κ2) is 6.15. The van der Waals surface area contributed by atoms with Crippen LogP contribution in [0.3, 0.4) is 0 Å². The van der Waals surface area contributed by atoms with Crippen LogP contribution >= 0.6 is 15.9 Å². The molecule has 5 heteroatoms. The maximum Gasteiger partial charge on any atom is 0.133 e. The van der Waals surface area contributed by atoms with E-state index in [-0.39, 0.29) is 18.5 Å². The quantitative estimate of drug-likeness (QED) is 0.835. The Morgan fingerprint density at radius 1 is 1.25 bits per heavy atom. The lowest BCUT2D eigenvalue weighted by Crippen LogP contribution is -2.36. The van der Waals surface area contributed by atoms with E-state index < -0.39 is 0 Å². The highest BCUT2D eigenvalue weighted by atomic mass is 79.9. The van der Waals surface area contributed by atoms with Crippen molar-refractivity contribution in [3.63, 3.8) is 0 Å². The molecular weight excluding hydrogens is 371 g/mol. The Labute approximate surface area is 148 Å². The van der Waals surface area contributed by atoms with Gasteiger partial charge >= 0.3 is 0 Å². The normalized spacial score (nSPS) is 20.8. The Kier molecular flexibility index (Phi) is 3.98. The summed E-state index contributed by atoms with van der Waals surface area (Å²) in [5.74, 6) is 0.668. The van der Waals surface area contributed by atoms with Crippen LogP contribution < -0.4 is 0 Å². The summed E-state index contributed by atoms with van der Waals surface area (Å²) < 4.78 is 14.1. The molecule has 1 fully saturated rings. The minimum Gasteiger partial charge on any atom is -0.394 e. The number of aliphatic hydroxyl groups excluding tert-OH is 1. The first kappa shape index (κ1) is 15.5. The third-order valence-electron chi connectivity index (χ3n) is 4.49. The largest absolute Gasteiger partial charge is 0.394 e. The van der Waals surface area contributed by atoms with Crippen LogP contribution in [0.1, 0.15) is 17.5 Å². The standard InChI is InChI=1S/C19H16BrFN2O/c20-15-3-6-18-14(8-15)10-23-17(11-24)9-13(19(23)22-18)7-12-1-4-16(21)5-2-12/h1-8,17,24H,9-11H2/b13-7-/t17-/m0/s1. The Balaban J connectivity index is 1.76. The summed E-state index contributed by atoms with van der Waals surface area (Å²) in [4.78, 5) is 6.97. The van der Waals surface area contributed by atoms with Gasteiger partial charge in [-0.15, -0.1) is 0 Å². The molecule has 0 radical (unpaired) electrons. The summed E-state index contributed by atoms with van der Waals surface area (Å²) in [7, 11) is 0. The molecule has 0 unspecified atom stereocenters. The summed E-state index contributed by atoms with van der Waals surface area (Å²) in [5.41, 5.74) is 4.13. The Morgan fingerprint density at radius 2 is 2.04 bits per heavy atom. The third-order valence-corrected chi connectivity index (χ3v) is 4.98. The molecule has 2 heterocycles. The zero-order chi connectivity index (χ0) is 16.7. The van der Waals surface area contributed by atoms with Gasteiger partial charge in [0.15, 0.2) is 0 Å². The number of amidine groups is 1. The molecule has 1 atom stereocenters. The summed E-state index contributed by atoms with van der Waals surface area (Å²) in [6.45, 7) is 0.822. The van der Waals surface area contributed by atoms with Gasteiger partial charge in [-0.05, 0) is 59.5 Å². The molecule has 0 bridgehead atoms. The number of hydrogen-bond donors (Lipinski definition) is 1. The minimum absolute atomic E-state index is 0.0302. The van der Waals surface area contributed by atoms with E-state index in [1.165, 1.54) is 12.1 Å². The van der Waals surface area contributed by atoms with Crippen molar-refractivity contribution in [3.8, 4) is 0 Å². The fourth-order valence-electron chi connectivity index (χ4n) is 3.29. The third kappa shape index (κ3) is 2.78. The second-order valence-electron chi connectivity index (χ2n) is 6.10. The lowest BCUT2D eigenvalue weighted by atomic mass is 10.1. The predicted molar refractivity (Wildman–Crippen MR) is 96.6 cm³/mol. The molecule has 0 aliphatic carbocycles. The molecule has 1 saturated heterocycles. The van der Waals surface area contributed by atoms with E-state index >= 15 is 0 Å². The lowest BCUT2D eigenvalue weighted by Gasteiger charge is -2.29. The second-order valence-corrected chi connectivity index (χ2v) is 7.01. The molecule has 2 aliphatic heterocycles. The van der Waals surface area contributed by atoms with Crippen LogP contribution in [0.4, 0.5) is 10.1 Å². The van der Waals surface area contributed by atoms with E-state index in [4.69, 9.17) is 4.99 Å². The number of fused-ring (bicyclic) bond motifs is 2. The van der Waals surface area contributed by atoms with Crippen LogP contribution in [0.15, 0.2) is 57.5 Å². The number of benzene rings is 2. The van der Waals surface area contributed by atoms with Crippen molar-refractivity contribution in [2.24, 2.45) is 4.99 Å². The van der Waals surface area contributed by atoms with Gasteiger partial charge < -0.3 is 10.0 Å². The SMILES string of the molecule is OC[C@@H]1C/C(=C/c2ccc(F)cc2)C2=Nc3ccc(Br)cc3CN21. The molecule has 2 aromatic rings. The van der Waals surface area contributed by atoms with Crippen molar-refractivity contribution in [1.29, 1.82) is 0 Å². The zero-order valence-electron chi connectivity index (χ0n) is 12.9. The van der Waals surface area contributed by atoms with Gasteiger partial charge in [0.1, 0.15) is 11.7 Å². The van der Waals surface area contributed by atoms with Crippen molar-refractivity contribution >= 4 is 33.5 Å². The highest BCUT2D eigenvalue weighted by molar-refractivity contribution is 9.10. The molecule has 0 aromatic heterocycles. The molecular formula is C19H16BrFN2O. The van der Waals surface area contributed by atoms with E-state index in [1.807, 2.05) is 18.2 Å². The Hall–Kier alpha value is -1.98. The zero-order valence-corrected chi connectivity index (χ0v) is 14.5.